The molecule has 0 aliphatic carbocycles. The summed E-state index contributed by atoms with van der Waals surface area (Å²) in [5, 5.41) is 2.72. The minimum absolute atomic E-state index is 0.137. The fraction of sp³-hybridized carbons (Fsp3) is 0.364. The maximum atomic E-state index is 13.0. The Morgan fingerprint density at radius 2 is 1.80 bits per heavy atom. The molecule has 1 fully saturated rings. The van der Waals surface area contributed by atoms with Crippen molar-refractivity contribution in [1.82, 2.24) is 4.31 Å². The topological polar surface area (TPSA) is 92.8 Å². The van der Waals surface area contributed by atoms with Crippen LogP contribution in [0.3, 0.4) is 0 Å². The second-order valence-electron chi connectivity index (χ2n) is 7.90. The Kier molecular flexibility index (Phi) is 5.38. The molecule has 1 atom stereocenters. The predicted molar refractivity (Wildman–Crippen MR) is 112 cm³/mol. The van der Waals surface area contributed by atoms with Gasteiger partial charge in [0, 0.05) is 25.2 Å². The van der Waals surface area contributed by atoms with Gasteiger partial charge >= 0.3 is 5.97 Å². The van der Waals surface area contributed by atoms with Gasteiger partial charge in [0.1, 0.15) is 0 Å². The van der Waals surface area contributed by atoms with Crippen molar-refractivity contribution < 1.29 is 22.7 Å². The van der Waals surface area contributed by atoms with E-state index in [0.717, 1.165) is 24.8 Å². The number of hydrogen-bond donors (Lipinski definition) is 1. The Hall–Kier alpha value is -2.71. The Morgan fingerprint density at radius 3 is 2.57 bits per heavy atom. The second kappa shape index (κ2) is 7.85. The monoisotopic (exact) mass is 428 g/mol. The van der Waals surface area contributed by atoms with Crippen molar-refractivity contribution >= 4 is 27.6 Å². The number of ether oxygens (including phenoxy) is 1. The molecule has 2 heterocycles. The number of fused-ring (bicyclic) bond motifs is 1. The van der Waals surface area contributed by atoms with E-state index in [1.807, 2.05) is 6.07 Å². The molecule has 2 aromatic rings. The fourth-order valence-electron chi connectivity index (χ4n) is 3.91. The normalized spacial score (nSPS) is 22.1. The number of rotatable bonds is 4. The quantitative estimate of drug-likeness (QED) is 0.756. The molecule has 4 rings (SSSR count). The number of nitrogens with one attached hydrogen (secondary N) is 1. The third-order valence-electron chi connectivity index (χ3n) is 5.61. The lowest BCUT2D eigenvalue weighted by atomic mass is 9.89. The first-order valence-corrected chi connectivity index (χ1v) is 11.5. The molecule has 158 valence electrons. The van der Waals surface area contributed by atoms with Gasteiger partial charge in [0.05, 0.1) is 10.5 Å². The summed E-state index contributed by atoms with van der Waals surface area (Å²) in [6, 6.07) is 13.2. The number of sulfonamides is 1. The van der Waals surface area contributed by atoms with E-state index in [1.54, 1.807) is 37.3 Å². The summed E-state index contributed by atoms with van der Waals surface area (Å²) < 4.78 is 32.8. The number of amides is 1. The van der Waals surface area contributed by atoms with Gasteiger partial charge in [0.2, 0.25) is 10.0 Å². The number of carbonyl (C=O) groups is 2. The minimum Gasteiger partial charge on any atom is -0.445 e. The number of carbonyl (C=O) groups excluding carboxylic acids is 2. The van der Waals surface area contributed by atoms with Crippen molar-refractivity contribution in [2.24, 2.45) is 0 Å². The molecule has 0 spiro atoms. The zero-order valence-electron chi connectivity index (χ0n) is 16.8. The van der Waals surface area contributed by atoms with Gasteiger partial charge in [0.15, 0.2) is 5.60 Å². The van der Waals surface area contributed by atoms with Gasteiger partial charge in [-0.3, -0.25) is 4.79 Å². The van der Waals surface area contributed by atoms with Gasteiger partial charge < -0.3 is 10.1 Å². The molecule has 0 aromatic heterocycles. The fourth-order valence-corrected chi connectivity index (χ4v) is 5.47. The van der Waals surface area contributed by atoms with Crippen LogP contribution < -0.4 is 5.32 Å². The lowest BCUT2D eigenvalue weighted by Crippen LogP contribution is -2.48. The molecule has 2 aliphatic rings. The van der Waals surface area contributed by atoms with E-state index in [0.29, 0.717) is 24.3 Å². The van der Waals surface area contributed by atoms with Crippen LogP contribution in [-0.2, 0) is 26.0 Å². The molecule has 0 bridgehead atoms. The van der Waals surface area contributed by atoms with E-state index in [4.69, 9.17) is 4.74 Å². The molecule has 2 aliphatic heterocycles. The van der Waals surface area contributed by atoms with Gasteiger partial charge in [0.25, 0.3) is 5.91 Å². The number of nitrogens with zero attached hydrogens (tertiary/aromatic N) is 1. The van der Waals surface area contributed by atoms with Crippen LogP contribution in [-0.4, -0.2) is 43.3 Å². The zero-order chi connectivity index (χ0) is 21.4. The van der Waals surface area contributed by atoms with Crippen LogP contribution in [0.1, 0.15) is 42.1 Å². The van der Waals surface area contributed by atoms with E-state index in [2.05, 4.69) is 5.32 Å². The highest BCUT2D eigenvalue weighted by atomic mass is 32.2. The van der Waals surface area contributed by atoms with Crippen LogP contribution >= 0.6 is 0 Å². The lowest BCUT2D eigenvalue weighted by Gasteiger charge is -2.33. The molecule has 1 unspecified atom stereocenters. The van der Waals surface area contributed by atoms with E-state index in [1.165, 1.54) is 16.4 Å². The average molecular weight is 429 g/mol. The first-order valence-electron chi connectivity index (χ1n) is 10.0. The first kappa shape index (κ1) is 20.6. The van der Waals surface area contributed by atoms with Crippen LogP contribution in [0.4, 0.5) is 5.69 Å². The van der Waals surface area contributed by atoms with Crippen molar-refractivity contribution in [3.05, 3.63) is 59.7 Å². The molecule has 1 saturated heterocycles. The lowest BCUT2D eigenvalue weighted by molar-refractivity contribution is -0.134. The smallest absolute Gasteiger partial charge is 0.339 e. The summed E-state index contributed by atoms with van der Waals surface area (Å²) in [7, 11) is -3.61. The summed E-state index contributed by atoms with van der Waals surface area (Å²) in [5.74, 6) is -1.05. The van der Waals surface area contributed by atoms with Gasteiger partial charge in [-0.15, -0.1) is 0 Å². The van der Waals surface area contributed by atoms with Gasteiger partial charge in [-0.25, -0.2) is 13.2 Å². The molecule has 1 N–H and O–H groups in total. The number of hydrogen-bond acceptors (Lipinski definition) is 5. The molecule has 8 heteroatoms. The SMILES string of the molecule is CC1(C(=O)Nc2cccc(S(=O)(=O)N3CCCCC3)c2)Cc2ccccc2C(=O)O1. The van der Waals surface area contributed by atoms with Gasteiger partial charge in [-0.2, -0.15) is 4.31 Å². The van der Waals surface area contributed by atoms with Crippen LogP contribution in [0.25, 0.3) is 0 Å². The largest absolute Gasteiger partial charge is 0.445 e. The molecule has 7 nitrogen and oxygen atoms in total. The van der Waals surface area contributed by atoms with Crippen molar-refractivity contribution in [3.63, 3.8) is 0 Å². The summed E-state index contributed by atoms with van der Waals surface area (Å²) in [6.45, 7) is 2.57. The van der Waals surface area contributed by atoms with Crippen LogP contribution in [0.5, 0.6) is 0 Å². The molecule has 30 heavy (non-hydrogen) atoms. The Labute approximate surface area is 176 Å². The third kappa shape index (κ3) is 3.85. The van der Waals surface area contributed by atoms with Crippen molar-refractivity contribution in [2.75, 3.05) is 18.4 Å². The van der Waals surface area contributed by atoms with E-state index in [-0.39, 0.29) is 11.3 Å². The third-order valence-corrected chi connectivity index (χ3v) is 7.50. The molecule has 2 aromatic carbocycles. The zero-order valence-corrected chi connectivity index (χ0v) is 17.6. The predicted octanol–water partition coefficient (Wildman–Crippen LogP) is 2.97. The summed E-state index contributed by atoms with van der Waals surface area (Å²) in [4.78, 5) is 25.4. The Morgan fingerprint density at radius 1 is 1.07 bits per heavy atom. The summed E-state index contributed by atoms with van der Waals surface area (Å²) in [6.07, 6.45) is 2.97. The highest BCUT2D eigenvalue weighted by molar-refractivity contribution is 7.89. The van der Waals surface area contributed by atoms with Crippen LogP contribution in [0, 0.1) is 0 Å². The van der Waals surface area contributed by atoms with Gasteiger partial charge in [-0.1, -0.05) is 30.7 Å². The standard InChI is InChI=1S/C22H24N2O5S/c1-22(15-16-8-3-4-11-19(16)20(25)29-22)21(26)23-17-9-7-10-18(14-17)30(27,28)24-12-5-2-6-13-24/h3-4,7-11,14H,2,5-6,12-13,15H2,1H3,(H,23,26). The maximum absolute atomic E-state index is 13.0. The summed E-state index contributed by atoms with van der Waals surface area (Å²) in [5.41, 5.74) is 0.159. The Bertz CT molecular complexity index is 1090. The van der Waals surface area contributed by atoms with Crippen molar-refractivity contribution in [1.29, 1.82) is 0 Å². The number of piperidine rings is 1. The van der Waals surface area contributed by atoms with Crippen molar-refractivity contribution in [2.45, 2.75) is 43.1 Å². The average Bonchev–Trinajstić information content (AvgIpc) is 2.74. The Balaban J connectivity index is 1.54. The molecule has 0 radical (unpaired) electrons. The molecular formula is C22H24N2O5S. The summed E-state index contributed by atoms with van der Waals surface area (Å²) >= 11 is 0. The number of anilines is 1. The maximum Gasteiger partial charge on any atom is 0.339 e. The minimum atomic E-state index is -3.61. The second-order valence-corrected chi connectivity index (χ2v) is 9.84. The number of esters is 1. The van der Waals surface area contributed by atoms with E-state index >= 15 is 0 Å². The highest BCUT2D eigenvalue weighted by Gasteiger charge is 2.42. The molecule has 1 amide bonds. The van der Waals surface area contributed by atoms with E-state index in [9.17, 15) is 18.0 Å². The number of benzene rings is 2. The highest BCUT2D eigenvalue weighted by Crippen LogP contribution is 2.30. The van der Waals surface area contributed by atoms with Gasteiger partial charge in [-0.05, 0) is 49.6 Å². The molecular weight excluding hydrogens is 404 g/mol. The van der Waals surface area contributed by atoms with Crippen LogP contribution in [0.2, 0.25) is 0 Å². The van der Waals surface area contributed by atoms with Crippen molar-refractivity contribution in [3.8, 4) is 0 Å². The van der Waals surface area contributed by atoms with Crippen LogP contribution in [0.15, 0.2) is 53.4 Å². The molecule has 0 saturated carbocycles. The number of cyclic esters (lactones) is 1. The van der Waals surface area contributed by atoms with E-state index < -0.39 is 27.5 Å². The first-order chi connectivity index (χ1) is 14.3.